The molecule has 4 rings (SSSR count). The number of rotatable bonds is 5. The van der Waals surface area contributed by atoms with Gasteiger partial charge in [0.15, 0.2) is 11.5 Å². The van der Waals surface area contributed by atoms with E-state index in [-0.39, 0.29) is 0 Å². The summed E-state index contributed by atoms with van der Waals surface area (Å²) in [7, 11) is 3.21. The van der Waals surface area contributed by atoms with E-state index >= 15 is 0 Å². The van der Waals surface area contributed by atoms with Crippen molar-refractivity contribution < 1.29 is 14.0 Å². The number of ether oxygens (including phenoxy) is 2. The van der Waals surface area contributed by atoms with E-state index in [4.69, 9.17) is 14.0 Å². The molecule has 0 saturated carbocycles. The zero-order valence-electron chi connectivity index (χ0n) is 16.5. The van der Waals surface area contributed by atoms with Crippen LogP contribution in [0.4, 0.5) is 5.69 Å². The second kappa shape index (κ2) is 7.92. The maximum Gasteiger partial charge on any atom is 0.258 e. The number of nitrogens with zero attached hydrogens (tertiary/aromatic N) is 3. The lowest BCUT2D eigenvalue weighted by atomic mass is 9.98. The van der Waals surface area contributed by atoms with Gasteiger partial charge in [-0.2, -0.15) is 4.98 Å². The lowest BCUT2D eigenvalue weighted by Gasteiger charge is -2.32. The van der Waals surface area contributed by atoms with Gasteiger partial charge in [-0.1, -0.05) is 12.1 Å². The smallest absolute Gasteiger partial charge is 0.258 e. The number of hydrogen-bond donors (Lipinski definition) is 0. The second-order valence-corrected chi connectivity index (χ2v) is 7.21. The first-order chi connectivity index (χ1) is 13.7. The van der Waals surface area contributed by atoms with Crippen molar-refractivity contribution in [1.82, 2.24) is 10.1 Å². The van der Waals surface area contributed by atoms with Gasteiger partial charge in [0, 0.05) is 29.9 Å². The molecule has 0 bridgehead atoms. The molecule has 0 aliphatic carbocycles. The Hall–Kier alpha value is -3.02. The molecule has 0 unspecified atom stereocenters. The third-order valence-corrected chi connectivity index (χ3v) is 5.33. The van der Waals surface area contributed by atoms with Gasteiger partial charge < -0.3 is 18.9 Å². The number of anilines is 1. The monoisotopic (exact) mass is 379 g/mol. The van der Waals surface area contributed by atoms with Crippen molar-refractivity contribution in [3.8, 4) is 34.3 Å². The van der Waals surface area contributed by atoms with Crippen molar-refractivity contribution in [3.05, 3.63) is 42.5 Å². The maximum absolute atomic E-state index is 5.47. The topological polar surface area (TPSA) is 60.6 Å². The molecule has 6 nitrogen and oxygen atoms in total. The Labute approximate surface area is 165 Å². The Bertz CT molecular complexity index is 928. The Balaban J connectivity index is 1.53. The molecule has 1 fully saturated rings. The summed E-state index contributed by atoms with van der Waals surface area (Å²) in [6.07, 6.45) is 2.50. The Morgan fingerprint density at radius 2 is 1.61 bits per heavy atom. The molecular formula is C22H25N3O3. The summed E-state index contributed by atoms with van der Waals surface area (Å²) < 4.78 is 16.1. The fourth-order valence-corrected chi connectivity index (χ4v) is 3.52. The van der Waals surface area contributed by atoms with Gasteiger partial charge in [0.25, 0.3) is 5.89 Å². The van der Waals surface area contributed by atoms with Crippen molar-refractivity contribution in [2.24, 2.45) is 5.92 Å². The molecule has 0 atom stereocenters. The van der Waals surface area contributed by atoms with Gasteiger partial charge in [-0.3, -0.25) is 0 Å². The summed E-state index contributed by atoms with van der Waals surface area (Å²) in [6.45, 7) is 4.56. The standard InChI is InChI=1S/C22H25N3O3/c1-15-10-12-25(13-11-15)18-7-4-16(5-8-18)21-23-22(28-24-21)17-6-9-19(26-2)20(14-17)27-3/h4-9,14-15H,10-13H2,1-3H3. The van der Waals surface area contributed by atoms with Crippen molar-refractivity contribution >= 4 is 5.69 Å². The summed E-state index contributed by atoms with van der Waals surface area (Å²) in [5, 5.41) is 4.14. The molecule has 2 heterocycles. The summed E-state index contributed by atoms with van der Waals surface area (Å²) >= 11 is 0. The maximum atomic E-state index is 5.47. The van der Waals surface area contributed by atoms with Crippen LogP contribution in [0.5, 0.6) is 11.5 Å². The first-order valence-electron chi connectivity index (χ1n) is 9.59. The van der Waals surface area contributed by atoms with Gasteiger partial charge in [-0.15, -0.1) is 0 Å². The summed E-state index contributed by atoms with van der Waals surface area (Å²) in [6, 6.07) is 13.9. The van der Waals surface area contributed by atoms with Crippen molar-refractivity contribution in [1.29, 1.82) is 0 Å². The normalized spacial score (nSPS) is 14.9. The van der Waals surface area contributed by atoms with Gasteiger partial charge in [0.1, 0.15) is 0 Å². The van der Waals surface area contributed by atoms with Gasteiger partial charge in [0.2, 0.25) is 5.82 Å². The Morgan fingerprint density at radius 3 is 2.29 bits per heavy atom. The summed E-state index contributed by atoms with van der Waals surface area (Å²) in [5.41, 5.74) is 2.97. The van der Waals surface area contributed by atoms with Crippen molar-refractivity contribution in [3.63, 3.8) is 0 Å². The molecule has 146 valence electrons. The molecule has 0 spiro atoms. The van der Waals surface area contributed by atoms with Gasteiger partial charge in [0.05, 0.1) is 14.2 Å². The Kier molecular flexibility index (Phi) is 5.19. The highest BCUT2D eigenvalue weighted by molar-refractivity contribution is 5.64. The predicted molar refractivity (Wildman–Crippen MR) is 109 cm³/mol. The lowest BCUT2D eigenvalue weighted by Crippen LogP contribution is -2.32. The first-order valence-corrected chi connectivity index (χ1v) is 9.59. The average molecular weight is 379 g/mol. The quantitative estimate of drug-likeness (QED) is 0.643. The zero-order chi connectivity index (χ0) is 19.5. The molecule has 1 aliphatic rings. The molecule has 6 heteroatoms. The SMILES string of the molecule is COc1ccc(-c2nc(-c3ccc(N4CCC(C)CC4)cc3)no2)cc1OC. The Morgan fingerprint density at radius 1 is 0.929 bits per heavy atom. The molecular weight excluding hydrogens is 354 g/mol. The van der Waals surface area contributed by atoms with Crippen LogP contribution in [0.1, 0.15) is 19.8 Å². The minimum absolute atomic E-state index is 0.449. The van der Waals surface area contributed by atoms with Crippen LogP contribution < -0.4 is 14.4 Å². The average Bonchev–Trinajstić information content (AvgIpc) is 3.24. The third-order valence-electron chi connectivity index (χ3n) is 5.33. The molecule has 2 aromatic carbocycles. The predicted octanol–water partition coefficient (Wildman–Crippen LogP) is 4.66. The van der Waals surface area contributed by atoms with Crippen LogP contribution in [0, 0.1) is 5.92 Å². The highest BCUT2D eigenvalue weighted by Crippen LogP contribution is 2.32. The highest BCUT2D eigenvalue weighted by atomic mass is 16.5. The van der Waals surface area contributed by atoms with E-state index in [2.05, 4.69) is 46.2 Å². The molecule has 0 amide bonds. The second-order valence-electron chi connectivity index (χ2n) is 7.21. The fourth-order valence-electron chi connectivity index (χ4n) is 3.52. The number of aromatic nitrogens is 2. The third kappa shape index (κ3) is 3.67. The van der Waals surface area contributed by atoms with Crippen LogP contribution in [0.15, 0.2) is 47.0 Å². The number of hydrogen-bond acceptors (Lipinski definition) is 6. The zero-order valence-corrected chi connectivity index (χ0v) is 16.5. The number of piperidine rings is 1. The van der Waals surface area contributed by atoms with Crippen LogP contribution in [0.25, 0.3) is 22.8 Å². The molecule has 0 radical (unpaired) electrons. The highest BCUT2D eigenvalue weighted by Gasteiger charge is 2.17. The molecule has 1 aromatic heterocycles. The van der Waals surface area contributed by atoms with E-state index in [1.54, 1.807) is 14.2 Å². The lowest BCUT2D eigenvalue weighted by molar-refractivity contribution is 0.355. The minimum Gasteiger partial charge on any atom is -0.493 e. The van der Waals surface area contributed by atoms with Gasteiger partial charge >= 0.3 is 0 Å². The van der Waals surface area contributed by atoms with E-state index in [1.807, 2.05) is 18.2 Å². The number of methoxy groups -OCH3 is 2. The van der Waals surface area contributed by atoms with Crippen LogP contribution >= 0.6 is 0 Å². The molecule has 0 N–H and O–H groups in total. The van der Waals surface area contributed by atoms with Crippen LogP contribution in [-0.2, 0) is 0 Å². The van der Waals surface area contributed by atoms with Crippen molar-refractivity contribution in [2.45, 2.75) is 19.8 Å². The van der Waals surface area contributed by atoms with E-state index < -0.39 is 0 Å². The molecule has 1 aliphatic heterocycles. The van der Waals surface area contributed by atoms with Crippen LogP contribution in [-0.4, -0.2) is 37.4 Å². The van der Waals surface area contributed by atoms with E-state index in [0.29, 0.717) is 23.2 Å². The largest absolute Gasteiger partial charge is 0.493 e. The summed E-state index contributed by atoms with van der Waals surface area (Å²) in [4.78, 5) is 6.99. The van der Waals surface area contributed by atoms with E-state index in [0.717, 1.165) is 30.1 Å². The van der Waals surface area contributed by atoms with E-state index in [9.17, 15) is 0 Å². The fraction of sp³-hybridized carbons (Fsp3) is 0.364. The van der Waals surface area contributed by atoms with Crippen molar-refractivity contribution in [2.75, 3.05) is 32.2 Å². The molecule has 1 saturated heterocycles. The molecule has 3 aromatic rings. The van der Waals surface area contributed by atoms with Crippen LogP contribution in [0.3, 0.4) is 0 Å². The summed E-state index contributed by atoms with van der Waals surface area (Å²) in [5.74, 6) is 3.13. The van der Waals surface area contributed by atoms with E-state index in [1.165, 1.54) is 18.5 Å². The van der Waals surface area contributed by atoms with Gasteiger partial charge in [-0.25, -0.2) is 0 Å². The van der Waals surface area contributed by atoms with Crippen LogP contribution in [0.2, 0.25) is 0 Å². The molecule has 28 heavy (non-hydrogen) atoms. The minimum atomic E-state index is 0.449. The number of benzene rings is 2. The first kappa shape index (κ1) is 18.3. The van der Waals surface area contributed by atoms with Gasteiger partial charge in [-0.05, 0) is 61.2 Å².